The summed E-state index contributed by atoms with van der Waals surface area (Å²) in [5.74, 6) is -1.01. The number of carbonyl (C=O) groups is 2. The molecule has 0 spiro atoms. The number of ether oxygens (including phenoxy) is 1. The molecule has 0 aromatic rings. The van der Waals surface area contributed by atoms with Gasteiger partial charge >= 0.3 is 5.97 Å². The fourth-order valence-electron chi connectivity index (χ4n) is 2.56. The molecule has 1 aliphatic heterocycles. The van der Waals surface area contributed by atoms with Gasteiger partial charge in [0.2, 0.25) is 0 Å². The van der Waals surface area contributed by atoms with Gasteiger partial charge in [-0.15, -0.1) is 0 Å². The number of hydrogen-bond acceptors (Lipinski definition) is 4. The van der Waals surface area contributed by atoms with E-state index in [9.17, 15) is 14.7 Å². The molecule has 1 fully saturated rings. The van der Waals surface area contributed by atoms with Crippen molar-refractivity contribution in [1.29, 1.82) is 0 Å². The van der Waals surface area contributed by atoms with Crippen molar-refractivity contribution >= 4 is 11.8 Å². The Balaban J connectivity index is 2.35. The first-order valence-electron chi connectivity index (χ1n) is 6.36. The van der Waals surface area contributed by atoms with Gasteiger partial charge in [-0.05, 0) is 18.9 Å². The van der Waals surface area contributed by atoms with Crippen LogP contribution in [0.15, 0.2) is 36.0 Å². The molecule has 4 nitrogen and oxygen atoms in total. The highest BCUT2D eigenvalue weighted by Gasteiger charge is 2.43. The third-order valence-corrected chi connectivity index (χ3v) is 3.74. The van der Waals surface area contributed by atoms with Crippen molar-refractivity contribution in [2.24, 2.45) is 5.92 Å². The maximum absolute atomic E-state index is 11.9. The van der Waals surface area contributed by atoms with Crippen LogP contribution in [0.3, 0.4) is 0 Å². The lowest BCUT2D eigenvalue weighted by atomic mass is 9.84. The van der Waals surface area contributed by atoms with Crippen LogP contribution in [0, 0.1) is 5.92 Å². The molecular weight excluding hydrogens is 244 g/mol. The molecule has 0 bridgehead atoms. The third kappa shape index (κ3) is 2.68. The summed E-state index contributed by atoms with van der Waals surface area (Å²) < 4.78 is 5.19. The van der Waals surface area contributed by atoms with E-state index in [0.717, 1.165) is 5.57 Å². The zero-order chi connectivity index (χ0) is 14.2. The van der Waals surface area contributed by atoms with Gasteiger partial charge in [0.1, 0.15) is 6.10 Å². The summed E-state index contributed by atoms with van der Waals surface area (Å²) in [6.45, 7) is 9.30. The number of ketones is 1. The van der Waals surface area contributed by atoms with E-state index in [1.54, 1.807) is 6.08 Å². The summed E-state index contributed by atoms with van der Waals surface area (Å²) in [5, 5.41) is 10.2. The Morgan fingerprint density at radius 2 is 2.00 bits per heavy atom. The van der Waals surface area contributed by atoms with Crippen molar-refractivity contribution < 1.29 is 19.4 Å². The number of Topliss-reactive ketones (excluding diaryl/α,β-unsaturated/α-hetero) is 1. The van der Waals surface area contributed by atoms with Gasteiger partial charge < -0.3 is 9.84 Å². The SMILES string of the molecule is C=C1C[C@@H]2OC(=O)C(=C)[C@H]2[C@@H](O)/C=C(/C)CCC1=O. The number of fused-ring (bicyclic) bond motifs is 1. The molecule has 4 heteroatoms. The lowest BCUT2D eigenvalue weighted by Crippen LogP contribution is -2.29. The molecule has 1 saturated heterocycles. The van der Waals surface area contributed by atoms with Crippen molar-refractivity contribution in [2.45, 2.75) is 38.4 Å². The normalized spacial score (nSPS) is 35.5. The van der Waals surface area contributed by atoms with Crippen molar-refractivity contribution in [1.82, 2.24) is 0 Å². The first-order chi connectivity index (χ1) is 8.90. The van der Waals surface area contributed by atoms with E-state index in [2.05, 4.69) is 13.2 Å². The molecule has 102 valence electrons. The zero-order valence-electron chi connectivity index (χ0n) is 11.0. The summed E-state index contributed by atoms with van der Waals surface area (Å²) >= 11 is 0. The largest absolute Gasteiger partial charge is 0.458 e. The Kier molecular flexibility index (Phi) is 3.71. The molecule has 19 heavy (non-hydrogen) atoms. The number of hydrogen-bond donors (Lipinski definition) is 1. The Labute approximate surface area is 112 Å². The van der Waals surface area contributed by atoms with E-state index < -0.39 is 24.1 Å². The summed E-state index contributed by atoms with van der Waals surface area (Å²) in [7, 11) is 0. The molecule has 0 unspecified atom stereocenters. The molecule has 2 rings (SSSR count). The van der Waals surface area contributed by atoms with Gasteiger partial charge in [-0.2, -0.15) is 0 Å². The first kappa shape index (κ1) is 13.7. The Hall–Kier alpha value is -1.68. The van der Waals surface area contributed by atoms with Crippen LogP contribution in [0.4, 0.5) is 0 Å². The van der Waals surface area contributed by atoms with Crippen LogP contribution in [0.1, 0.15) is 26.2 Å². The minimum Gasteiger partial charge on any atom is -0.458 e. The minimum absolute atomic E-state index is 0.0172. The zero-order valence-corrected chi connectivity index (χ0v) is 11.0. The monoisotopic (exact) mass is 262 g/mol. The van der Waals surface area contributed by atoms with E-state index in [1.165, 1.54) is 0 Å². The maximum atomic E-state index is 11.9. The van der Waals surface area contributed by atoms with Crippen molar-refractivity contribution in [3.8, 4) is 0 Å². The minimum atomic E-state index is -0.815. The number of rotatable bonds is 0. The average Bonchev–Trinajstić information content (AvgIpc) is 2.60. The van der Waals surface area contributed by atoms with Gasteiger partial charge in [-0.3, -0.25) is 4.79 Å². The topological polar surface area (TPSA) is 63.6 Å². The summed E-state index contributed by atoms with van der Waals surface area (Å²) in [4.78, 5) is 23.4. The Morgan fingerprint density at radius 3 is 2.68 bits per heavy atom. The molecule has 2 aliphatic rings. The van der Waals surface area contributed by atoms with Gasteiger partial charge in [-0.25, -0.2) is 4.79 Å². The molecule has 0 radical (unpaired) electrons. The van der Waals surface area contributed by atoms with Gasteiger partial charge in [0, 0.05) is 18.4 Å². The number of carbonyl (C=O) groups excluding carboxylic acids is 2. The van der Waals surface area contributed by atoms with Gasteiger partial charge in [0.25, 0.3) is 0 Å². The van der Waals surface area contributed by atoms with E-state index in [0.29, 0.717) is 18.4 Å². The van der Waals surface area contributed by atoms with Crippen LogP contribution in [0.2, 0.25) is 0 Å². The summed E-state index contributed by atoms with van der Waals surface area (Å²) in [5.41, 5.74) is 1.63. The van der Waals surface area contributed by atoms with Gasteiger partial charge in [0.15, 0.2) is 5.78 Å². The summed E-state index contributed by atoms with van der Waals surface area (Å²) in [6, 6.07) is 0. The van der Waals surface area contributed by atoms with Crippen molar-refractivity contribution in [3.05, 3.63) is 36.0 Å². The van der Waals surface area contributed by atoms with Gasteiger partial charge in [0.05, 0.1) is 12.0 Å². The second kappa shape index (κ2) is 5.13. The number of aliphatic hydroxyl groups is 1. The first-order valence-corrected chi connectivity index (χ1v) is 6.36. The fraction of sp³-hybridized carbons (Fsp3) is 0.467. The van der Waals surface area contributed by atoms with Crippen LogP contribution in [-0.4, -0.2) is 29.1 Å². The predicted octanol–water partition coefficient (Wildman–Crippen LogP) is 1.70. The van der Waals surface area contributed by atoms with Crippen LogP contribution in [-0.2, 0) is 14.3 Å². The fourth-order valence-corrected chi connectivity index (χ4v) is 2.56. The van der Waals surface area contributed by atoms with E-state index in [-0.39, 0.29) is 17.8 Å². The van der Waals surface area contributed by atoms with E-state index in [4.69, 9.17) is 4.74 Å². The van der Waals surface area contributed by atoms with Crippen LogP contribution in [0.25, 0.3) is 0 Å². The van der Waals surface area contributed by atoms with Crippen LogP contribution >= 0.6 is 0 Å². The van der Waals surface area contributed by atoms with Crippen LogP contribution < -0.4 is 0 Å². The average molecular weight is 262 g/mol. The number of allylic oxidation sites excluding steroid dienone is 1. The molecule has 1 heterocycles. The number of aliphatic hydroxyl groups excluding tert-OH is 1. The van der Waals surface area contributed by atoms with Gasteiger partial charge in [-0.1, -0.05) is 24.8 Å². The molecule has 0 saturated carbocycles. The quantitative estimate of drug-likeness (QED) is 0.410. The van der Waals surface area contributed by atoms with E-state index in [1.807, 2.05) is 6.92 Å². The number of esters is 1. The highest BCUT2D eigenvalue weighted by atomic mass is 16.6. The molecule has 1 aliphatic carbocycles. The lowest BCUT2D eigenvalue weighted by Gasteiger charge is -2.23. The molecule has 1 N–H and O–H groups in total. The molecule has 0 aromatic heterocycles. The smallest absolute Gasteiger partial charge is 0.334 e. The summed E-state index contributed by atoms with van der Waals surface area (Å²) in [6.07, 6.45) is 1.55. The maximum Gasteiger partial charge on any atom is 0.334 e. The second-order valence-corrected chi connectivity index (χ2v) is 5.23. The standard InChI is InChI=1S/C15H18O4/c1-8-4-5-11(16)9(2)7-13-14(12(17)6-8)10(3)15(18)19-13/h6,12-14,17H,2-5,7H2,1H3/b8-6-/t12-,13-,14-/m0/s1. The predicted molar refractivity (Wildman–Crippen MR) is 70.3 cm³/mol. The second-order valence-electron chi connectivity index (χ2n) is 5.23. The van der Waals surface area contributed by atoms with E-state index >= 15 is 0 Å². The van der Waals surface area contributed by atoms with Crippen LogP contribution in [0.5, 0.6) is 0 Å². The van der Waals surface area contributed by atoms with Crippen molar-refractivity contribution in [3.63, 3.8) is 0 Å². The molecule has 3 atom stereocenters. The lowest BCUT2D eigenvalue weighted by molar-refractivity contribution is -0.139. The molecule has 0 amide bonds. The Bertz CT molecular complexity index is 486. The molecular formula is C15H18O4. The highest BCUT2D eigenvalue weighted by Crippen LogP contribution is 2.35. The Morgan fingerprint density at radius 1 is 1.32 bits per heavy atom. The highest BCUT2D eigenvalue weighted by molar-refractivity contribution is 5.95. The van der Waals surface area contributed by atoms with Crippen molar-refractivity contribution in [2.75, 3.05) is 0 Å². The molecule has 0 aromatic carbocycles. The third-order valence-electron chi connectivity index (χ3n) is 3.74.